The van der Waals surface area contributed by atoms with E-state index in [0.717, 1.165) is 11.2 Å². The molecule has 2 amide bonds. The van der Waals surface area contributed by atoms with Gasteiger partial charge in [0, 0.05) is 44.3 Å². The minimum absolute atomic E-state index is 0.00152. The quantitative estimate of drug-likeness (QED) is 0.520. The van der Waals surface area contributed by atoms with Crippen molar-refractivity contribution in [2.24, 2.45) is 18.7 Å². The predicted molar refractivity (Wildman–Crippen MR) is 112 cm³/mol. The van der Waals surface area contributed by atoms with Crippen LogP contribution in [0.3, 0.4) is 0 Å². The molecule has 11 nitrogen and oxygen atoms in total. The molecule has 1 aliphatic rings. The molecular weight excluding hydrogens is 459 g/mol. The summed E-state index contributed by atoms with van der Waals surface area (Å²) in [7, 11) is 1.52. The Morgan fingerprint density at radius 3 is 2.79 bits per heavy atom. The highest BCUT2D eigenvalue weighted by molar-refractivity contribution is 5.98. The van der Waals surface area contributed by atoms with Gasteiger partial charge in [-0.15, -0.1) is 0 Å². The van der Waals surface area contributed by atoms with Crippen molar-refractivity contribution in [1.82, 2.24) is 19.7 Å². The Balaban J connectivity index is 1.78. The van der Waals surface area contributed by atoms with Crippen molar-refractivity contribution in [3.8, 4) is 11.5 Å². The van der Waals surface area contributed by atoms with Gasteiger partial charge in [0.2, 0.25) is 11.8 Å². The van der Waals surface area contributed by atoms with Gasteiger partial charge in [0.15, 0.2) is 11.5 Å². The van der Waals surface area contributed by atoms with Crippen LogP contribution in [0.15, 0.2) is 35.2 Å². The number of hydrogen-bond acceptors (Lipinski definition) is 8. The van der Waals surface area contributed by atoms with Crippen LogP contribution in [0.1, 0.15) is 16.9 Å². The Morgan fingerprint density at radius 1 is 1.41 bits per heavy atom. The number of halogens is 3. The summed E-state index contributed by atoms with van der Waals surface area (Å²) in [5.41, 5.74) is 5.30. The highest BCUT2D eigenvalue weighted by Gasteiger charge is 2.38. The second-order valence-electron chi connectivity index (χ2n) is 7.77. The molecule has 0 bridgehead atoms. The van der Waals surface area contributed by atoms with Crippen LogP contribution < -0.4 is 15.5 Å². The summed E-state index contributed by atoms with van der Waals surface area (Å²) in [6, 6.07) is 2.76. The number of aliphatic hydroxyl groups excluding tert-OH is 1. The van der Waals surface area contributed by atoms with Crippen molar-refractivity contribution in [2.75, 3.05) is 29.5 Å². The molecule has 14 heteroatoms. The molecule has 3 N–H and O–H groups in total. The molecule has 0 saturated carbocycles. The SMILES string of the molecule is Cn1cc(N(CC(F)(F)F)c2cc(-c3nc(C(N)=O)co3)ccn2)c(N2CC(CO)CC2=O)n1. The average Bonchev–Trinajstić information content (AvgIpc) is 3.49. The Hall–Kier alpha value is -3.94. The van der Waals surface area contributed by atoms with E-state index in [-0.39, 0.29) is 65.9 Å². The number of nitrogens with zero attached hydrogens (tertiary/aromatic N) is 6. The molecule has 4 rings (SSSR count). The maximum atomic E-state index is 13.6. The lowest BCUT2D eigenvalue weighted by Gasteiger charge is -2.26. The number of aromatic nitrogens is 4. The van der Waals surface area contributed by atoms with Gasteiger partial charge in [-0.05, 0) is 12.1 Å². The van der Waals surface area contributed by atoms with Gasteiger partial charge < -0.3 is 20.2 Å². The van der Waals surface area contributed by atoms with Crippen LogP contribution in [0, 0.1) is 5.92 Å². The van der Waals surface area contributed by atoms with Gasteiger partial charge in [-0.3, -0.25) is 19.2 Å². The van der Waals surface area contributed by atoms with Crippen LogP contribution in [-0.4, -0.2) is 62.5 Å². The number of hydrogen-bond donors (Lipinski definition) is 2. The summed E-state index contributed by atoms with van der Waals surface area (Å²) in [4.78, 5) is 33.9. The Bertz CT molecular complexity index is 1220. The summed E-state index contributed by atoms with van der Waals surface area (Å²) in [6.07, 6.45) is -0.908. The maximum Gasteiger partial charge on any atom is 0.406 e. The highest BCUT2D eigenvalue weighted by Crippen LogP contribution is 2.38. The van der Waals surface area contributed by atoms with Gasteiger partial charge in [0.25, 0.3) is 5.91 Å². The fraction of sp³-hybridized carbons (Fsp3) is 0.350. The number of carbonyl (C=O) groups excluding carboxylic acids is 2. The van der Waals surface area contributed by atoms with Gasteiger partial charge in [0.05, 0.1) is 6.20 Å². The Morgan fingerprint density at radius 2 is 2.18 bits per heavy atom. The number of oxazole rings is 1. The number of anilines is 3. The molecule has 0 aliphatic carbocycles. The Labute approximate surface area is 190 Å². The smallest absolute Gasteiger partial charge is 0.406 e. The number of alkyl halides is 3. The number of nitrogens with two attached hydrogens (primary N) is 1. The molecule has 34 heavy (non-hydrogen) atoms. The lowest BCUT2D eigenvalue weighted by Crippen LogP contribution is -2.33. The van der Waals surface area contributed by atoms with Gasteiger partial charge in [-0.2, -0.15) is 18.3 Å². The van der Waals surface area contributed by atoms with Crippen molar-refractivity contribution >= 4 is 29.1 Å². The van der Waals surface area contributed by atoms with E-state index in [1.165, 1.54) is 41.2 Å². The largest absolute Gasteiger partial charge is 0.444 e. The van der Waals surface area contributed by atoms with E-state index >= 15 is 0 Å². The Kier molecular flexibility index (Phi) is 6.00. The summed E-state index contributed by atoms with van der Waals surface area (Å²) >= 11 is 0. The standard InChI is InChI=1S/C20H20F3N7O4/c1-28-7-14(18(27-28)29-6-11(8-31)4-16(29)32)30(10-20(21,22)23)15-5-12(2-3-25-15)19-26-13(9-34-19)17(24)33/h2-3,5,7,9,11,31H,4,6,8,10H2,1H3,(H2,24,33). The average molecular weight is 479 g/mol. The van der Waals surface area contributed by atoms with E-state index in [0.29, 0.717) is 0 Å². The van der Waals surface area contributed by atoms with E-state index in [2.05, 4.69) is 15.1 Å². The van der Waals surface area contributed by atoms with E-state index < -0.39 is 18.6 Å². The van der Waals surface area contributed by atoms with E-state index in [1.54, 1.807) is 0 Å². The highest BCUT2D eigenvalue weighted by atomic mass is 19.4. The van der Waals surface area contributed by atoms with Crippen LogP contribution in [0.25, 0.3) is 11.5 Å². The van der Waals surface area contributed by atoms with Gasteiger partial charge in [-0.25, -0.2) is 9.97 Å². The third kappa shape index (κ3) is 4.71. The number of carbonyl (C=O) groups is 2. The number of rotatable bonds is 7. The molecule has 0 aromatic carbocycles. The van der Waals surface area contributed by atoms with Crippen LogP contribution >= 0.6 is 0 Å². The third-order valence-corrected chi connectivity index (χ3v) is 5.16. The number of aliphatic hydroxyl groups is 1. The first-order valence-electron chi connectivity index (χ1n) is 10.1. The molecule has 1 aliphatic heterocycles. The maximum absolute atomic E-state index is 13.6. The predicted octanol–water partition coefficient (Wildman–Crippen LogP) is 1.61. The lowest BCUT2D eigenvalue weighted by atomic mass is 10.1. The zero-order valence-electron chi connectivity index (χ0n) is 17.9. The van der Waals surface area contributed by atoms with Crippen molar-refractivity contribution in [3.05, 3.63) is 36.5 Å². The van der Waals surface area contributed by atoms with Crippen LogP contribution in [0.4, 0.5) is 30.5 Å². The minimum Gasteiger partial charge on any atom is -0.444 e. The minimum atomic E-state index is -4.63. The van der Waals surface area contributed by atoms with Crippen molar-refractivity contribution in [2.45, 2.75) is 12.6 Å². The molecule has 0 spiro atoms. The summed E-state index contributed by atoms with van der Waals surface area (Å²) in [5, 5.41) is 13.6. The first-order valence-corrected chi connectivity index (χ1v) is 10.1. The summed E-state index contributed by atoms with van der Waals surface area (Å²) in [6.45, 7) is -1.53. The molecule has 1 saturated heterocycles. The summed E-state index contributed by atoms with van der Waals surface area (Å²) < 4.78 is 47.4. The van der Waals surface area contributed by atoms with Crippen LogP contribution in [0.2, 0.25) is 0 Å². The number of amides is 2. The number of primary amides is 1. The van der Waals surface area contributed by atoms with Gasteiger partial charge in [0.1, 0.15) is 24.3 Å². The van der Waals surface area contributed by atoms with Crippen LogP contribution in [0.5, 0.6) is 0 Å². The van der Waals surface area contributed by atoms with Gasteiger partial charge in [-0.1, -0.05) is 0 Å². The first-order chi connectivity index (χ1) is 16.1. The van der Waals surface area contributed by atoms with Crippen molar-refractivity contribution in [1.29, 1.82) is 0 Å². The van der Waals surface area contributed by atoms with Crippen LogP contribution in [-0.2, 0) is 11.8 Å². The van der Waals surface area contributed by atoms with E-state index in [1.807, 2.05) is 0 Å². The molecule has 4 heterocycles. The van der Waals surface area contributed by atoms with E-state index in [4.69, 9.17) is 10.2 Å². The molecule has 1 fully saturated rings. The topological polar surface area (TPSA) is 144 Å². The number of pyridine rings is 1. The second-order valence-corrected chi connectivity index (χ2v) is 7.77. The molecular formula is C20H20F3N7O4. The zero-order chi connectivity index (χ0) is 24.6. The molecule has 3 aromatic rings. The molecule has 0 radical (unpaired) electrons. The zero-order valence-corrected chi connectivity index (χ0v) is 17.9. The normalized spacial score (nSPS) is 16.3. The molecule has 1 unspecified atom stereocenters. The monoisotopic (exact) mass is 479 g/mol. The molecule has 180 valence electrons. The van der Waals surface area contributed by atoms with Crippen molar-refractivity contribution < 1.29 is 32.3 Å². The van der Waals surface area contributed by atoms with Crippen molar-refractivity contribution in [3.63, 3.8) is 0 Å². The second kappa shape index (κ2) is 8.78. The third-order valence-electron chi connectivity index (χ3n) is 5.16. The van der Waals surface area contributed by atoms with Gasteiger partial charge >= 0.3 is 6.18 Å². The van der Waals surface area contributed by atoms with E-state index in [9.17, 15) is 27.9 Å². The number of aryl methyl sites for hydroxylation is 1. The molecule has 1 atom stereocenters. The first kappa shape index (κ1) is 23.2. The fourth-order valence-electron chi connectivity index (χ4n) is 3.64. The lowest BCUT2D eigenvalue weighted by molar-refractivity contribution is -0.118. The molecule has 3 aromatic heterocycles. The summed E-state index contributed by atoms with van der Waals surface area (Å²) in [5.74, 6) is -1.65. The fourth-order valence-corrected chi connectivity index (χ4v) is 3.64.